The highest BCUT2D eigenvalue weighted by Gasteiger charge is 2.31. The van der Waals surface area contributed by atoms with Crippen molar-refractivity contribution in [2.45, 2.75) is 31.7 Å². The van der Waals surface area contributed by atoms with Gasteiger partial charge >= 0.3 is 6.18 Å². The summed E-state index contributed by atoms with van der Waals surface area (Å²) in [5.41, 5.74) is 0.0150. The molecule has 116 valence electrons. The zero-order valence-corrected chi connectivity index (χ0v) is 11.5. The van der Waals surface area contributed by atoms with E-state index in [1.807, 2.05) is 4.90 Å². The molecule has 1 aliphatic rings. The average molecular weight is 302 g/mol. The smallest absolute Gasteiger partial charge is 0.384 e. The van der Waals surface area contributed by atoms with Gasteiger partial charge in [0.15, 0.2) is 0 Å². The Bertz CT molecular complexity index is 500. The second-order valence-corrected chi connectivity index (χ2v) is 5.16. The molecule has 1 heterocycles. The van der Waals surface area contributed by atoms with E-state index >= 15 is 0 Å². The van der Waals surface area contributed by atoms with E-state index in [4.69, 9.17) is 5.11 Å². The maximum atomic E-state index is 12.5. The average Bonchev–Trinajstić information content (AvgIpc) is 2.86. The predicted molar refractivity (Wildman–Crippen MR) is 71.9 cm³/mol. The third-order valence-corrected chi connectivity index (χ3v) is 3.47. The van der Waals surface area contributed by atoms with Crippen LogP contribution in [0.3, 0.4) is 0 Å². The molecule has 0 aliphatic carbocycles. The molecule has 0 aromatic heterocycles. The van der Waals surface area contributed by atoms with Crippen LogP contribution in [-0.2, 0) is 11.0 Å². The van der Waals surface area contributed by atoms with Crippen molar-refractivity contribution in [1.82, 2.24) is 5.32 Å². The van der Waals surface area contributed by atoms with E-state index in [1.54, 1.807) is 0 Å². The van der Waals surface area contributed by atoms with Crippen LogP contribution in [0.4, 0.5) is 18.9 Å². The number of carbonyl (C=O) groups is 1. The van der Waals surface area contributed by atoms with Gasteiger partial charge in [-0.1, -0.05) is 0 Å². The van der Waals surface area contributed by atoms with Crippen LogP contribution in [-0.4, -0.2) is 36.2 Å². The molecule has 0 radical (unpaired) electrons. The highest BCUT2D eigenvalue weighted by atomic mass is 19.4. The Morgan fingerprint density at radius 3 is 2.52 bits per heavy atom. The molecule has 1 amide bonds. The number of halogens is 3. The predicted octanol–water partition coefficient (Wildman–Crippen LogP) is 1.78. The molecule has 1 aromatic carbocycles. The van der Waals surface area contributed by atoms with Crippen LogP contribution < -0.4 is 10.2 Å². The summed E-state index contributed by atoms with van der Waals surface area (Å²) in [6, 6.07) is 4.87. The van der Waals surface area contributed by atoms with E-state index in [0.717, 1.165) is 12.1 Å². The van der Waals surface area contributed by atoms with Crippen molar-refractivity contribution in [3.05, 3.63) is 29.8 Å². The van der Waals surface area contributed by atoms with Gasteiger partial charge < -0.3 is 15.3 Å². The Morgan fingerprint density at radius 1 is 1.38 bits per heavy atom. The van der Waals surface area contributed by atoms with Crippen LogP contribution in [0.1, 0.15) is 18.9 Å². The van der Waals surface area contributed by atoms with Gasteiger partial charge in [0.25, 0.3) is 0 Å². The number of alkyl halides is 3. The van der Waals surface area contributed by atoms with Gasteiger partial charge in [0.1, 0.15) is 6.10 Å². The summed E-state index contributed by atoms with van der Waals surface area (Å²) >= 11 is 0. The van der Waals surface area contributed by atoms with Crippen molar-refractivity contribution in [3.8, 4) is 0 Å². The molecular formula is C14H17F3N2O2. The molecule has 2 atom stereocenters. The number of aliphatic hydroxyl groups is 1. The number of benzene rings is 1. The van der Waals surface area contributed by atoms with Gasteiger partial charge in [-0.2, -0.15) is 13.2 Å². The molecule has 4 nitrogen and oxygen atoms in total. The summed E-state index contributed by atoms with van der Waals surface area (Å²) < 4.78 is 37.5. The SMILES string of the molecule is C[C@@H](O)C(=O)N[C@@H]1CCN(c2ccc(C(F)(F)F)cc2)C1. The molecule has 21 heavy (non-hydrogen) atoms. The van der Waals surface area contributed by atoms with Crippen molar-refractivity contribution in [2.75, 3.05) is 18.0 Å². The van der Waals surface area contributed by atoms with Crippen molar-refractivity contribution >= 4 is 11.6 Å². The highest BCUT2D eigenvalue weighted by Crippen LogP contribution is 2.31. The molecule has 0 saturated carbocycles. The number of rotatable bonds is 3. The minimum Gasteiger partial charge on any atom is -0.384 e. The first-order valence-corrected chi connectivity index (χ1v) is 6.68. The topological polar surface area (TPSA) is 52.6 Å². The zero-order chi connectivity index (χ0) is 15.6. The van der Waals surface area contributed by atoms with Crippen LogP contribution in [0.2, 0.25) is 0 Å². The second-order valence-electron chi connectivity index (χ2n) is 5.16. The van der Waals surface area contributed by atoms with Gasteiger partial charge in [-0.15, -0.1) is 0 Å². The van der Waals surface area contributed by atoms with Crippen LogP contribution in [0, 0.1) is 0 Å². The molecule has 1 aromatic rings. The number of anilines is 1. The minimum absolute atomic E-state index is 0.102. The van der Waals surface area contributed by atoms with E-state index < -0.39 is 23.8 Å². The molecular weight excluding hydrogens is 285 g/mol. The van der Waals surface area contributed by atoms with Crippen molar-refractivity contribution in [3.63, 3.8) is 0 Å². The maximum Gasteiger partial charge on any atom is 0.416 e. The first kappa shape index (κ1) is 15.6. The third kappa shape index (κ3) is 3.87. The van der Waals surface area contributed by atoms with Gasteiger partial charge in [-0.3, -0.25) is 4.79 Å². The third-order valence-electron chi connectivity index (χ3n) is 3.47. The van der Waals surface area contributed by atoms with E-state index in [0.29, 0.717) is 25.2 Å². The van der Waals surface area contributed by atoms with Crippen LogP contribution in [0.25, 0.3) is 0 Å². The number of amides is 1. The Morgan fingerprint density at radius 2 is 2.00 bits per heavy atom. The highest BCUT2D eigenvalue weighted by molar-refractivity contribution is 5.80. The number of nitrogens with zero attached hydrogens (tertiary/aromatic N) is 1. The van der Waals surface area contributed by atoms with E-state index in [1.165, 1.54) is 19.1 Å². The van der Waals surface area contributed by atoms with Gasteiger partial charge in [-0.05, 0) is 37.6 Å². The molecule has 7 heteroatoms. The number of carbonyl (C=O) groups excluding carboxylic acids is 1. The molecule has 2 rings (SSSR count). The summed E-state index contributed by atoms with van der Waals surface area (Å²) in [5, 5.41) is 11.8. The fourth-order valence-corrected chi connectivity index (χ4v) is 2.30. The fraction of sp³-hybridized carbons (Fsp3) is 0.500. The van der Waals surface area contributed by atoms with Crippen molar-refractivity contribution in [2.24, 2.45) is 0 Å². The minimum atomic E-state index is -4.34. The maximum absolute atomic E-state index is 12.5. The standard InChI is InChI=1S/C14H17F3N2O2/c1-9(20)13(21)18-11-6-7-19(8-11)12-4-2-10(3-5-12)14(15,16)17/h2-5,9,11,20H,6-8H2,1H3,(H,18,21)/t9-,11-/m1/s1. The lowest BCUT2D eigenvalue weighted by Crippen LogP contribution is -2.41. The summed E-state index contributed by atoms with van der Waals surface area (Å²) in [5.74, 6) is -0.436. The first-order valence-electron chi connectivity index (χ1n) is 6.68. The van der Waals surface area contributed by atoms with Crippen LogP contribution in [0.5, 0.6) is 0 Å². The lowest BCUT2D eigenvalue weighted by Gasteiger charge is -2.20. The Hall–Kier alpha value is -1.76. The molecule has 0 unspecified atom stereocenters. The van der Waals surface area contributed by atoms with Crippen molar-refractivity contribution in [1.29, 1.82) is 0 Å². The number of nitrogens with one attached hydrogen (secondary N) is 1. The summed E-state index contributed by atoms with van der Waals surface area (Å²) in [6.45, 7) is 2.55. The largest absolute Gasteiger partial charge is 0.416 e. The Kier molecular flexibility index (Phi) is 4.41. The zero-order valence-electron chi connectivity index (χ0n) is 11.5. The van der Waals surface area contributed by atoms with E-state index in [9.17, 15) is 18.0 Å². The van der Waals surface area contributed by atoms with Gasteiger partial charge in [0.2, 0.25) is 5.91 Å². The molecule has 1 fully saturated rings. The molecule has 0 bridgehead atoms. The number of hydrogen-bond donors (Lipinski definition) is 2. The quantitative estimate of drug-likeness (QED) is 0.895. The molecule has 0 spiro atoms. The lowest BCUT2D eigenvalue weighted by molar-refractivity contribution is -0.137. The lowest BCUT2D eigenvalue weighted by atomic mass is 10.2. The molecule has 2 N–H and O–H groups in total. The van der Waals surface area contributed by atoms with E-state index in [2.05, 4.69) is 5.32 Å². The number of hydrogen-bond acceptors (Lipinski definition) is 3. The Balaban J connectivity index is 1.97. The van der Waals surface area contributed by atoms with Crippen molar-refractivity contribution < 1.29 is 23.1 Å². The first-order chi connectivity index (χ1) is 9.77. The van der Waals surface area contributed by atoms with Gasteiger partial charge in [0, 0.05) is 24.8 Å². The summed E-state index contributed by atoms with van der Waals surface area (Å²) in [7, 11) is 0. The fourth-order valence-electron chi connectivity index (χ4n) is 2.30. The Labute approximate surface area is 120 Å². The molecule has 1 aliphatic heterocycles. The van der Waals surface area contributed by atoms with Crippen LogP contribution >= 0.6 is 0 Å². The summed E-state index contributed by atoms with van der Waals surface area (Å²) in [6.07, 6.45) is -4.71. The normalized spacial score (nSPS) is 20.4. The van der Waals surface area contributed by atoms with Gasteiger partial charge in [0.05, 0.1) is 5.56 Å². The summed E-state index contributed by atoms with van der Waals surface area (Å²) in [4.78, 5) is 13.3. The van der Waals surface area contributed by atoms with Gasteiger partial charge in [-0.25, -0.2) is 0 Å². The molecule has 1 saturated heterocycles. The van der Waals surface area contributed by atoms with Crippen LogP contribution in [0.15, 0.2) is 24.3 Å². The number of aliphatic hydroxyl groups excluding tert-OH is 1. The monoisotopic (exact) mass is 302 g/mol. The second kappa shape index (κ2) is 5.93. The van der Waals surface area contributed by atoms with E-state index in [-0.39, 0.29) is 6.04 Å².